The van der Waals surface area contributed by atoms with Gasteiger partial charge in [0, 0.05) is 29.3 Å². The molecule has 1 fully saturated rings. The van der Waals surface area contributed by atoms with Crippen LogP contribution in [-0.2, 0) is 38.5 Å². The van der Waals surface area contributed by atoms with E-state index in [1.54, 1.807) is 30.3 Å². The number of sulfone groups is 1. The van der Waals surface area contributed by atoms with E-state index >= 15 is 0 Å². The summed E-state index contributed by atoms with van der Waals surface area (Å²) in [5.74, 6) is -3.11. The van der Waals surface area contributed by atoms with Crippen LogP contribution in [0.4, 0.5) is 5.69 Å². The summed E-state index contributed by atoms with van der Waals surface area (Å²) in [5, 5.41) is 2.54. The summed E-state index contributed by atoms with van der Waals surface area (Å²) in [4.78, 5) is 38.7. The number of rotatable bonds is 12. The zero-order valence-electron chi connectivity index (χ0n) is 25.4. The van der Waals surface area contributed by atoms with Gasteiger partial charge in [-0.15, -0.1) is 0 Å². The number of hydrogen-bond acceptors (Lipinski definition) is 12. The van der Waals surface area contributed by atoms with Gasteiger partial charge in [-0.05, 0) is 24.3 Å². The fourth-order valence-electron chi connectivity index (χ4n) is 4.99. The largest absolute Gasteiger partial charge is 0.493 e. The van der Waals surface area contributed by atoms with E-state index in [-0.39, 0.29) is 28.3 Å². The topological polar surface area (TPSA) is 172 Å². The predicted octanol–water partition coefficient (Wildman–Crippen LogP) is 3.40. The van der Waals surface area contributed by atoms with E-state index in [0.717, 1.165) is 25.5 Å². The molecule has 1 amide bonds. The van der Waals surface area contributed by atoms with Crippen LogP contribution in [0.5, 0.6) is 11.5 Å². The normalized spacial score (nSPS) is 19.4. The van der Waals surface area contributed by atoms with E-state index in [0.29, 0.717) is 4.90 Å². The van der Waals surface area contributed by atoms with Gasteiger partial charge >= 0.3 is 5.97 Å². The van der Waals surface area contributed by atoms with Crippen molar-refractivity contribution in [2.75, 3.05) is 39.4 Å². The molecule has 1 aliphatic rings. The summed E-state index contributed by atoms with van der Waals surface area (Å²) >= 11 is 13.6. The number of nitrogens with one attached hydrogen (secondary N) is 1. The van der Waals surface area contributed by atoms with Crippen molar-refractivity contribution < 1.29 is 49.6 Å². The molecule has 13 nitrogen and oxygen atoms in total. The van der Waals surface area contributed by atoms with E-state index < -0.39 is 70.9 Å². The Labute approximate surface area is 281 Å². The summed E-state index contributed by atoms with van der Waals surface area (Å²) < 4.78 is 70.0. The van der Waals surface area contributed by atoms with E-state index in [2.05, 4.69) is 5.32 Å². The van der Waals surface area contributed by atoms with Gasteiger partial charge in [-0.25, -0.2) is 13.2 Å². The lowest BCUT2D eigenvalue weighted by molar-refractivity contribution is -0.153. The zero-order chi connectivity index (χ0) is 34.8. The van der Waals surface area contributed by atoms with Crippen molar-refractivity contribution in [1.82, 2.24) is 4.90 Å². The van der Waals surface area contributed by atoms with Gasteiger partial charge in [0.05, 0.1) is 45.1 Å². The standard InChI is InChI=1S/C30H30Cl2N2O11S2/c1-42-24-15-14-21(16-25(24)43-2)47(40,41)30(32,33-23-13-9-8-12-22(23)26(35)19-10-6-5-7-11-19)27(36)34-18-20(45-46(4,38)39)17-29(34,31)28(37)44-3/h5-16,20,33H,17-18H2,1-4H3. The van der Waals surface area contributed by atoms with Crippen LogP contribution in [-0.4, -0.2) is 89.0 Å². The van der Waals surface area contributed by atoms with Gasteiger partial charge in [-0.3, -0.25) is 13.8 Å². The van der Waals surface area contributed by atoms with Gasteiger partial charge in [0.15, 0.2) is 17.3 Å². The first-order chi connectivity index (χ1) is 22.0. The van der Waals surface area contributed by atoms with Gasteiger partial charge in [0.1, 0.15) is 0 Å². The molecule has 0 aromatic heterocycles. The van der Waals surface area contributed by atoms with Crippen LogP contribution in [0.3, 0.4) is 0 Å². The molecule has 47 heavy (non-hydrogen) atoms. The minimum atomic E-state index is -5.09. The minimum absolute atomic E-state index is 0.0243. The summed E-state index contributed by atoms with van der Waals surface area (Å²) in [5.41, 5.74) is 0.0285. The summed E-state index contributed by atoms with van der Waals surface area (Å²) in [6.07, 6.45) is -1.24. The molecule has 0 radical (unpaired) electrons. The van der Waals surface area contributed by atoms with E-state index in [9.17, 15) is 31.2 Å². The van der Waals surface area contributed by atoms with Gasteiger partial charge in [0.25, 0.3) is 20.4 Å². The Morgan fingerprint density at radius 1 is 0.915 bits per heavy atom. The number of hydrogen-bond donors (Lipinski definition) is 1. The Kier molecular flexibility index (Phi) is 10.5. The molecule has 17 heteroatoms. The Morgan fingerprint density at radius 2 is 1.53 bits per heavy atom. The summed E-state index contributed by atoms with van der Waals surface area (Å²) in [7, 11) is -5.65. The average Bonchev–Trinajstić information content (AvgIpc) is 3.38. The van der Waals surface area contributed by atoms with Gasteiger partial charge in [-0.1, -0.05) is 65.7 Å². The monoisotopic (exact) mass is 728 g/mol. The molecular formula is C30H30Cl2N2O11S2. The second kappa shape index (κ2) is 13.7. The number of methoxy groups -OCH3 is 3. The number of alkyl halides is 2. The lowest BCUT2D eigenvalue weighted by Gasteiger charge is -2.37. The Hall–Kier alpha value is -3.89. The molecule has 0 spiro atoms. The number of amides is 1. The molecule has 3 atom stereocenters. The number of carbonyl (C=O) groups is 3. The molecule has 1 N–H and O–H groups in total. The molecule has 0 aliphatic carbocycles. The summed E-state index contributed by atoms with van der Waals surface area (Å²) in [6, 6.07) is 17.2. The van der Waals surface area contributed by atoms with Crippen LogP contribution in [0, 0.1) is 0 Å². The van der Waals surface area contributed by atoms with E-state index in [1.807, 2.05) is 0 Å². The zero-order valence-corrected chi connectivity index (χ0v) is 28.6. The third-order valence-corrected chi connectivity index (χ3v) is 11.1. The second-order valence-electron chi connectivity index (χ2n) is 10.3. The maximum absolute atomic E-state index is 14.6. The number of para-hydroxylation sites is 1. The van der Waals surface area contributed by atoms with Crippen LogP contribution < -0.4 is 14.8 Å². The van der Waals surface area contributed by atoms with Crippen molar-refractivity contribution in [1.29, 1.82) is 0 Å². The Morgan fingerprint density at radius 3 is 2.13 bits per heavy atom. The number of carbonyl (C=O) groups excluding carboxylic acids is 3. The van der Waals surface area contributed by atoms with Crippen molar-refractivity contribution in [3.05, 3.63) is 83.9 Å². The van der Waals surface area contributed by atoms with Crippen molar-refractivity contribution >= 4 is 66.5 Å². The predicted molar refractivity (Wildman–Crippen MR) is 172 cm³/mol. The Bertz CT molecular complexity index is 1910. The first kappa shape index (κ1) is 36.0. The van der Waals surface area contributed by atoms with Gasteiger partial charge in [0.2, 0.25) is 14.8 Å². The fourth-order valence-corrected chi connectivity index (χ4v) is 7.90. The highest BCUT2D eigenvalue weighted by Crippen LogP contribution is 2.43. The van der Waals surface area contributed by atoms with E-state index in [4.69, 9.17) is 41.6 Å². The number of benzene rings is 3. The molecule has 1 saturated heterocycles. The molecule has 3 unspecified atom stereocenters. The molecule has 1 aliphatic heterocycles. The third-order valence-electron chi connectivity index (χ3n) is 7.18. The van der Waals surface area contributed by atoms with Gasteiger partial charge in [-0.2, -0.15) is 8.42 Å². The van der Waals surface area contributed by atoms with Crippen LogP contribution in [0.15, 0.2) is 77.7 Å². The molecule has 1 heterocycles. The quantitative estimate of drug-likeness (QED) is 0.0949. The van der Waals surface area contributed by atoms with Gasteiger partial charge < -0.3 is 24.4 Å². The van der Waals surface area contributed by atoms with Crippen molar-refractivity contribution in [2.45, 2.75) is 26.7 Å². The fraction of sp³-hybridized carbons (Fsp3) is 0.300. The highest BCUT2D eigenvalue weighted by Gasteiger charge is 2.62. The Balaban J connectivity index is 1.93. The first-order valence-electron chi connectivity index (χ1n) is 13.6. The first-order valence-corrected chi connectivity index (χ1v) is 17.7. The number of ketones is 1. The molecule has 0 saturated carbocycles. The van der Waals surface area contributed by atoms with E-state index in [1.165, 1.54) is 44.6 Å². The molecule has 4 rings (SSSR count). The van der Waals surface area contributed by atoms with Crippen LogP contribution in [0.1, 0.15) is 22.3 Å². The maximum Gasteiger partial charge on any atom is 0.347 e. The van der Waals surface area contributed by atoms with Crippen LogP contribution in [0.2, 0.25) is 0 Å². The average molecular weight is 730 g/mol. The molecule has 3 aromatic rings. The SMILES string of the molecule is COC(=O)C1(Cl)CC(OS(C)(=O)=O)CN1C(=O)C(Cl)(Nc1ccccc1C(=O)c1ccccc1)S(=O)(=O)c1ccc(OC)c(OC)c1. The number of halogens is 2. The molecular weight excluding hydrogens is 699 g/mol. The maximum atomic E-state index is 14.6. The third kappa shape index (κ3) is 7.04. The minimum Gasteiger partial charge on any atom is -0.493 e. The number of nitrogens with zero attached hydrogens (tertiary/aromatic N) is 1. The number of anilines is 1. The highest BCUT2D eigenvalue weighted by atomic mass is 35.5. The van der Waals surface area contributed by atoms with Crippen LogP contribution >= 0.6 is 23.2 Å². The molecule has 252 valence electrons. The summed E-state index contributed by atoms with van der Waals surface area (Å²) in [6.45, 7) is -0.688. The number of likely N-dealkylation sites (tertiary alicyclic amines) is 1. The van der Waals surface area contributed by atoms with Crippen molar-refractivity contribution in [3.63, 3.8) is 0 Å². The second-order valence-corrected chi connectivity index (χ2v) is 15.4. The number of esters is 1. The highest BCUT2D eigenvalue weighted by molar-refractivity contribution is 7.95. The molecule has 0 bridgehead atoms. The van der Waals surface area contributed by atoms with Crippen LogP contribution in [0.25, 0.3) is 0 Å². The smallest absolute Gasteiger partial charge is 0.347 e. The molecule has 3 aromatic carbocycles. The lowest BCUT2D eigenvalue weighted by atomic mass is 10.0. The van der Waals surface area contributed by atoms with Crippen molar-refractivity contribution in [2.24, 2.45) is 0 Å². The lowest BCUT2D eigenvalue weighted by Crippen LogP contribution is -2.60. The van der Waals surface area contributed by atoms with Crippen molar-refractivity contribution in [3.8, 4) is 11.5 Å². The number of ether oxygens (including phenoxy) is 3.